The van der Waals surface area contributed by atoms with Gasteiger partial charge in [0.15, 0.2) is 5.82 Å². The Morgan fingerprint density at radius 2 is 2.28 bits per heavy atom. The molecule has 0 radical (unpaired) electrons. The summed E-state index contributed by atoms with van der Waals surface area (Å²) in [5.41, 5.74) is 7.27. The Labute approximate surface area is 108 Å². The second-order valence-corrected chi connectivity index (χ2v) is 5.43. The van der Waals surface area contributed by atoms with Crippen LogP contribution < -0.4 is 10.6 Å². The smallest absolute Gasteiger partial charge is 0.152 e. The van der Waals surface area contributed by atoms with Crippen LogP contribution in [-0.2, 0) is 4.74 Å². The van der Waals surface area contributed by atoms with Gasteiger partial charge in [-0.1, -0.05) is 0 Å². The van der Waals surface area contributed by atoms with Crippen molar-refractivity contribution in [3.05, 3.63) is 17.8 Å². The summed E-state index contributed by atoms with van der Waals surface area (Å²) in [7, 11) is 0. The van der Waals surface area contributed by atoms with Crippen LogP contribution in [0.15, 0.2) is 12.1 Å². The predicted molar refractivity (Wildman–Crippen MR) is 71.6 cm³/mol. The van der Waals surface area contributed by atoms with E-state index in [-0.39, 0.29) is 18.3 Å². The number of anilines is 2. The molecule has 0 amide bonds. The van der Waals surface area contributed by atoms with Gasteiger partial charge in [-0.05, 0) is 32.9 Å². The first kappa shape index (κ1) is 13.1. The second-order valence-electron chi connectivity index (χ2n) is 5.43. The Hall–Kier alpha value is -1.33. The number of nitrogens with zero attached hydrogens (tertiary/aromatic N) is 2. The van der Waals surface area contributed by atoms with Crippen LogP contribution in [0, 0.1) is 6.92 Å². The summed E-state index contributed by atoms with van der Waals surface area (Å²) in [6.07, 6.45) is -0.199. The van der Waals surface area contributed by atoms with Crippen LogP contribution in [-0.4, -0.2) is 41.5 Å². The normalized spacial score (nSPS) is 23.1. The van der Waals surface area contributed by atoms with Crippen molar-refractivity contribution in [2.75, 3.05) is 30.3 Å². The Morgan fingerprint density at radius 3 is 2.94 bits per heavy atom. The lowest BCUT2D eigenvalue weighted by molar-refractivity contribution is -0.101. The first-order valence-electron chi connectivity index (χ1n) is 6.18. The number of aliphatic hydroxyl groups excluding tert-OH is 1. The highest BCUT2D eigenvalue weighted by Gasteiger charge is 2.34. The Bertz CT molecular complexity index is 434. The van der Waals surface area contributed by atoms with Crippen molar-refractivity contribution in [3.8, 4) is 0 Å². The zero-order chi connectivity index (χ0) is 13.3. The van der Waals surface area contributed by atoms with Crippen LogP contribution >= 0.6 is 0 Å². The van der Waals surface area contributed by atoms with E-state index in [0.29, 0.717) is 18.8 Å². The second kappa shape index (κ2) is 4.74. The van der Waals surface area contributed by atoms with E-state index in [4.69, 9.17) is 10.5 Å². The van der Waals surface area contributed by atoms with Crippen LogP contribution in [0.25, 0.3) is 0 Å². The molecule has 1 atom stereocenters. The highest BCUT2D eigenvalue weighted by atomic mass is 16.5. The minimum atomic E-state index is -0.316. The van der Waals surface area contributed by atoms with E-state index in [1.165, 1.54) is 0 Å². The zero-order valence-electron chi connectivity index (χ0n) is 11.2. The van der Waals surface area contributed by atoms with Gasteiger partial charge in [0.1, 0.15) is 0 Å². The number of ether oxygens (including phenoxy) is 1. The first-order chi connectivity index (χ1) is 8.41. The number of nitrogen functional groups attached to an aromatic ring is 1. The summed E-state index contributed by atoms with van der Waals surface area (Å²) in [5.74, 6) is 0.782. The average molecular weight is 251 g/mol. The van der Waals surface area contributed by atoms with Crippen molar-refractivity contribution >= 4 is 11.5 Å². The maximum absolute atomic E-state index is 9.31. The van der Waals surface area contributed by atoms with Gasteiger partial charge in [-0.15, -0.1) is 0 Å². The van der Waals surface area contributed by atoms with Crippen LogP contribution in [0.5, 0.6) is 0 Å². The van der Waals surface area contributed by atoms with Gasteiger partial charge < -0.3 is 20.5 Å². The molecule has 1 aliphatic rings. The van der Waals surface area contributed by atoms with Gasteiger partial charge in [-0.2, -0.15) is 0 Å². The van der Waals surface area contributed by atoms with Crippen molar-refractivity contribution in [2.45, 2.75) is 32.5 Å². The minimum absolute atomic E-state index is 0.00561. The molecule has 5 nitrogen and oxygen atoms in total. The van der Waals surface area contributed by atoms with Crippen LogP contribution in [0.1, 0.15) is 19.5 Å². The first-order valence-corrected chi connectivity index (χ1v) is 6.18. The number of nitrogens with two attached hydrogens (primary N) is 1. The monoisotopic (exact) mass is 251 g/mol. The molecule has 1 aromatic rings. The number of aryl methyl sites for hydroxylation is 1. The topological polar surface area (TPSA) is 71.6 Å². The van der Waals surface area contributed by atoms with E-state index in [9.17, 15) is 5.11 Å². The highest BCUT2D eigenvalue weighted by molar-refractivity contribution is 5.63. The van der Waals surface area contributed by atoms with Crippen molar-refractivity contribution in [1.29, 1.82) is 0 Å². The van der Waals surface area contributed by atoms with Gasteiger partial charge in [0.05, 0.1) is 24.0 Å². The quantitative estimate of drug-likeness (QED) is 0.818. The lowest BCUT2D eigenvalue weighted by atomic mass is 10.1. The molecule has 0 saturated carbocycles. The van der Waals surface area contributed by atoms with E-state index in [1.54, 1.807) is 0 Å². The third-order valence-electron chi connectivity index (χ3n) is 3.03. The fourth-order valence-electron chi connectivity index (χ4n) is 2.36. The molecule has 2 rings (SSSR count). The molecule has 0 aromatic carbocycles. The van der Waals surface area contributed by atoms with Crippen molar-refractivity contribution in [3.63, 3.8) is 0 Å². The zero-order valence-corrected chi connectivity index (χ0v) is 11.2. The van der Waals surface area contributed by atoms with E-state index in [1.807, 2.05) is 32.9 Å². The minimum Gasteiger partial charge on any atom is -0.396 e. The standard InChI is InChI=1S/C13H21N3O2/c1-9-4-5-11(14)12(15-9)16-6-10(7-17)18-13(2,3)8-16/h4-5,10,17H,6-8,14H2,1-3H3. The molecule has 0 aliphatic carbocycles. The summed E-state index contributed by atoms with van der Waals surface area (Å²) in [6, 6.07) is 3.77. The molecule has 1 aromatic heterocycles. The third kappa shape index (κ3) is 2.73. The predicted octanol–water partition coefficient (Wildman–Crippen LogP) is 0.948. The van der Waals surface area contributed by atoms with Crippen LogP contribution in [0.4, 0.5) is 11.5 Å². The summed E-state index contributed by atoms with van der Waals surface area (Å²) >= 11 is 0. The number of rotatable bonds is 2. The largest absolute Gasteiger partial charge is 0.396 e. The number of hydrogen-bond acceptors (Lipinski definition) is 5. The summed E-state index contributed by atoms with van der Waals surface area (Å²) < 4.78 is 5.78. The van der Waals surface area contributed by atoms with E-state index in [0.717, 1.165) is 11.5 Å². The highest BCUT2D eigenvalue weighted by Crippen LogP contribution is 2.28. The number of pyridine rings is 1. The Balaban J connectivity index is 2.29. The SMILES string of the molecule is Cc1ccc(N)c(N2CC(CO)OC(C)(C)C2)n1. The summed E-state index contributed by atoms with van der Waals surface area (Å²) in [6.45, 7) is 7.29. The Kier molecular flexibility index (Phi) is 3.45. The van der Waals surface area contributed by atoms with E-state index >= 15 is 0 Å². The maximum Gasteiger partial charge on any atom is 0.152 e. The molecule has 1 fully saturated rings. The van der Waals surface area contributed by atoms with E-state index in [2.05, 4.69) is 9.88 Å². The lowest BCUT2D eigenvalue weighted by Crippen LogP contribution is -2.54. The van der Waals surface area contributed by atoms with Gasteiger partial charge >= 0.3 is 0 Å². The number of aliphatic hydroxyl groups is 1. The molecular formula is C13H21N3O2. The summed E-state index contributed by atoms with van der Waals surface area (Å²) in [4.78, 5) is 6.58. The molecule has 5 heteroatoms. The molecule has 1 unspecified atom stereocenters. The van der Waals surface area contributed by atoms with Crippen LogP contribution in [0.2, 0.25) is 0 Å². The van der Waals surface area contributed by atoms with Crippen molar-refractivity contribution < 1.29 is 9.84 Å². The third-order valence-corrected chi connectivity index (χ3v) is 3.03. The molecule has 2 heterocycles. The molecule has 1 aliphatic heterocycles. The van der Waals surface area contributed by atoms with Crippen molar-refractivity contribution in [1.82, 2.24) is 4.98 Å². The molecule has 0 bridgehead atoms. The van der Waals surface area contributed by atoms with Crippen LogP contribution in [0.3, 0.4) is 0 Å². The van der Waals surface area contributed by atoms with Gasteiger partial charge in [0.2, 0.25) is 0 Å². The summed E-state index contributed by atoms with van der Waals surface area (Å²) in [5, 5.41) is 9.31. The van der Waals surface area contributed by atoms with Gasteiger partial charge in [-0.3, -0.25) is 0 Å². The maximum atomic E-state index is 9.31. The van der Waals surface area contributed by atoms with Gasteiger partial charge in [0.25, 0.3) is 0 Å². The number of aromatic nitrogens is 1. The van der Waals surface area contributed by atoms with Crippen molar-refractivity contribution in [2.24, 2.45) is 0 Å². The van der Waals surface area contributed by atoms with Gasteiger partial charge in [-0.25, -0.2) is 4.98 Å². The fraction of sp³-hybridized carbons (Fsp3) is 0.615. The molecular weight excluding hydrogens is 230 g/mol. The molecule has 100 valence electrons. The van der Waals surface area contributed by atoms with Gasteiger partial charge in [0, 0.05) is 18.8 Å². The molecule has 1 saturated heterocycles. The average Bonchev–Trinajstić information content (AvgIpc) is 2.30. The fourth-order valence-corrected chi connectivity index (χ4v) is 2.36. The molecule has 3 N–H and O–H groups in total. The lowest BCUT2D eigenvalue weighted by Gasteiger charge is -2.43. The Morgan fingerprint density at radius 1 is 1.56 bits per heavy atom. The van der Waals surface area contributed by atoms with E-state index < -0.39 is 0 Å². The molecule has 0 spiro atoms. The molecule has 18 heavy (non-hydrogen) atoms. The number of morpholine rings is 1. The number of hydrogen-bond donors (Lipinski definition) is 2.